The molecule has 186 valence electrons. The van der Waals surface area contributed by atoms with Gasteiger partial charge in [0.1, 0.15) is 0 Å². The second kappa shape index (κ2) is 11.2. The zero-order chi connectivity index (χ0) is 24.7. The number of nitrogens with zero attached hydrogens (tertiary/aromatic N) is 2. The molecule has 0 bridgehead atoms. The lowest BCUT2D eigenvalue weighted by atomic mass is 10.1. The van der Waals surface area contributed by atoms with E-state index in [9.17, 15) is 9.59 Å². The van der Waals surface area contributed by atoms with Crippen molar-refractivity contribution in [2.75, 3.05) is 73.0 Å². The third-order valence-corrected chi connectivity index (χ3v) is 6.40. The minimum Gasteiger partial charge on any atom is -0.378 e. The fraction of sp³-hybridized carbons (Fsp3) is 0.286. The molecule has 0 radical (unpaired) electrons. The molecule has 0 saturated carbocycles. The minimum atomic E-state index is -0.204. The number of carbonyl (C=O) groups is 2. The number of carbonyl (C=O) groups excluding carboxylic acids is 2. The molecule has 2 amide bonds. The quantitative estimate of drug-likeness (QED) is 0.551. The Labute approximate surface area is 210 Å². The van der Waals surface area contributed by atoms with Crippen LogP contribution in [0.1, 0.15) is 20.7 Å². The van der Waals surface area contributed by atoms with Gasteiger partial charge in [0, 0.05) is 48.7 Å². The molecule has 0 unspecified atom stereocenters. The molecule has 3 aromatic carbocycles. The molecule has 2 N–H and O–H groups in total. The van der Waals surface area contributed by atoms with Crippen LogP contribution in [0.25, 0.3) is 0 Å². The van der Waals surface area contributed by atoms with Gasteiger partial charge >= 0.3 is 0 Å². The summed E-state index contributed by atoms with van der Waals surface area (Å²) in [6, 6.07) is 22.1. The summed E-state index contributed by atoms with van der Waals surface area (Å²) < 4.78 is 11.0. The Hall–Kier alpha value is -3.88. The molecule has 8 heteroatoms. The molecule has 2 saturated heterocycles. The molecule has 3 aromatic rings. The maximum atomic E-state index is 13.1. The van der Waals surface area contributed by atoms with Crippen molar-refractivity contribution in [2.45, 2.75) is 0 Å². The van der Waals surface area contributed by atoms with Crippen LogP contribution in [0.5, 0.6) is 0 Å². The number of hydrogen-bond acceptors (Lipinski definition) is 6. The molecular weight excluding hydrogens is 456 g/mol. The third kappa shape index (κ3) is 5.67. The van der Waals surface area contributed by atoms with Crippen molar-refractivity contribution in [3.8, 4) is 0 Å². The molecule has 5 rings (SSSR count). The first kappa shape index (κ1) is 23.8. The zero-order valence-electron chi connectivity index (χ0n) is 20.1. The molecule has 0 atom stereocenters. The topological polar surface area (TPSA) is 83.1 Å². The van der Waals surface area contributed by atoms with Gasteiger partial charge in [0.05, 0.1) is 37.8 Å². The Kier molecular flexibility index (Phi) is 7.44. The third-order valence-electron chi connectivity index (χ3n) is 6.40. The summed E-state index contributed by atoms with van der Waals surface area (Å²) >= 11 is 0. The lowest BCUT2D eigenvalue weighted by Gasteiger charge is -2.33. The van der Waals surface area contributed by atoms with Crippen LogP contribution in [-0.2, 0) is 9.47 Å². The van der Waals surface area contributed by atoms with Gasteiger partial charge in [0.15, 0.2) is 0 Å². The van der Waals surface area contributed by atoms with E-state index in [2.05, 4.69) is 26.5 Å². The van der Waals surface area contributed by atoms with E-state index >= 15 is 0 Å². The summed E-state index contributed by atoms with van der Waals surface area (Å²) in [5.74, 6) is -0.395. The van der Waals surface area contributed by atoms with E-state index in [4.69, 9.17) is 9.47 Å². The predicted molar refractivity (Wildman–Crippen MR) is 141 cm³/mol. The van der Waals surface area contributed by atoms with E-state index in [-0.39, 0.29) is 11.8 Å². The smallest absolute Gasteiger partial charge is 0.255 e. The van der Waals surface area contributed by atoms with Gasteiger partial charge in [0.2, 0.25) is 0 Å². The van der Waals surface area contributed by atoms with Crippen molar-refractivity contribution in [1.82, 2.24) is 0 Å². The maximum absolute atomic E-state index is 13.1. The largest absolute Gasteiger partial charge is 0.378 e. The van der Waals surface area contributed by atoms with Gasteiger partial charge in [-0.15, -0.1) is 0 Å². The molecule has 2 aliphatic heterocycles. The van der Waals surface area contributed by atoms with E-state index in [1.165, 1.54) is 0 Å². The molecule has 2 aliphatic rings. The van der Waals surface area contributed by atoms with Crippen molar-refractivity contribution in [1.29, 1.82) is 0 Å². The number of hydrogen-bond donors (Lipinski definition) is 2. The number of morpholine rings is 2. The van der Waals surface area contributed by atoms with E-state index in [0.29, 0.717) is 43.2 Å². The van der Waals surface area contributed by atoms with E-state index in [0.717, 1.165) is 43.2 Å². The first-order valence-corrected chi connectivity index (χ1v) is 12.2. The van der Waals surface area contributed by atoms with Crippen LogP contribution in [0.4, 0.5) is 22.7 Å². The SMILES string of the molecule is O=C(Nc1ccc(C(=O)Nc2ccc(N3CCOCC3)cc2N2CCOCC2)cc1)c1ccccc1. The highest BCUT2D eigenvalue weighted by Crippen LogP contribution is 2.32. The Morgan fingerprint density at radius 3 is 1.89 bits per heavy atom. The minimum absolute atomic E-state index is 0.191. The Balaban J connectivity index is 1.31. The van der Waals surface area contributed by atoms with E-state index in [1.54, 1.807) is 36.4 Å². The number of ether oxygens (including phenoxy) is 2. The van der Waals surface area contributed by atoms with Crippen molar-refractivity contribution in [3.05, 3.63) is 83.9 Å². The summed E-state index contributed by atoms with van der Waals surface area (Å²) in [6.45, 7) is 5.98. The first-order chi connectivity index (χ1) is 17.7. The second-order valence-electron chi connectivity index (χ2n) is 8.75. The number of anilines is 4. The summed E-state index contributed by atoms with van der Waals surface area (Å²) in [6.07, 6.45) is 0. The Morgan fingerprint density at radius 1 is 0.639 bits per heavy atom. The van der Waals surface area contributed by atoms with Crippen LogP contribution in [0.2, 0.25) is 0 Å². The Bertz CT molecular complexity index is 1190. The molecule has 0 spiro atoms. The Morgan fingerprint density at radius 2 is 1.22 bits per heavy atom. The molecule has 0 aromatic heterocycles. The molecule has 2 fully saturated rings. The summed E-state index contributed by atoms with van der Waals surface area (Å²) in [7, 11) is 0. The maximum Gasteiger partial charge on any atom is 0.255 e. The predicted octanol–water partition coefficient (Wildman–Crippen LogP) is 3.86. The first-order valence-electron chi connectivity index (χ1n) is 12.2. The average Bonchev–Trinajstić information content (AvgIpc) is 2.95. The lowest BCUT2D eigenvalue weighted by Crippen LogP contribution is -2.38. The van der Waals surface area contributed by atoms with Gasteiger partial charge in [-0.2, -0.15) is 0 Å². The molecule has 0 aliphatic carbocycles. The van der Waals surface area contributed by atoms with Crippen molar-refractivity contribution in [2.24, 2.45) is 0 Å². The van der Waals surface area contributed by atoms with E-state index < -0.39 is 0 Å². The van der Waals surface area contributed by atoms with Crippen molar-refractivity contribution in [3.63, 3.8) is 0 Å². The lowest BCUT2D eigenvalue weighted by molar-refractivity contribution is 0.102. The highest BCUT2D eigenvalue weighted by molar-refractivity contribution is 6.07. The van der Waals surface area contributed by atoms with Gasteiger partial charge in [-0.3, -0.25) is 9.59 Å². The van der Waals surface area contributed by atoms with Crippen LogP contribution >= 0.6 is 0 Å². The highest BCUT2D eigenvalue weighted by atomic mass is 16.5. The summed E-state index contributed by atoms with van der Waals surface area (Å²) in [5.41, 5.74) is 4.59. The van der Waals surface area contributed by atoms with Gasteiger partial charge < -0.3 is 29.9 Å². The molecular formula is C28H30N4O4. The van der Waals surface area contributed by atoms with E-state index in [1.807, 2.05) is 30.3 Å². The number of rotatable bonds is 6. The fourth-order valence-corrected chi connectivity index (χ4v) is 4.40. The van der Waals surface area contributed by atoms with Gasteiger partial charge in [0.25, 0.3) is 11.8 Å². The van der Waals surface area contributed by atoms with Crippen molar-refractivity contribution >= 4 is 34.6 Å². The zero-order valence-corrected chi connectivity index (χ0v) is 20.1. The average molecular weight is 487 g/mol. The highest BCUT2D eigenvalue weighted by Gasteiger charge is 2.20. The molecule has 8 nitrogen and oxygen atoms in total. The van der Waals surface area contributed by atoms with Gasteiger partial charge in [-0.1, -0.05) is 18.2 Å². The molecule has 2 heterocycles. The number of benzene rings is 3. The standard InChI is InChI=1S/C28H30N4O4/c33-27(21-4-2-1-3-5-21)29-23-8-6-22(7-9-23)28(34)30-25-11-10-24(31-12-16-35-17-13-31)20-26(25)32-14-18-36-19-15-32/h1-11,20H,12-19H2,(H,29,33)(H,30,34). The summed E-state index contributed by atoms with van der Waals surface area (Å²) in [5, 5.41) is 5.95. The van der Waals surface area contributed by atoms with Crippen LogP contribution in [0.15, 0.2) is 72.8 Å². The normalized spacial score (nSPS) is 15.9. The van der Waals surface area contributed by atoms with Gasteiger partial charge in [-0.25, -0.2) is 0 Å². The number of amides is 2. The van der Waals surface area contributed by atoms with Crippen LogP contribution in [-0.4, -0.2) is 64.4 Å². The fourth-order valence-electron chi connectivity index (χ4n) is 4.40. The number of nitrogens with one attached hydrogen (secondary N) is 2. The van der Waals surface area contributed by atoms with Crippen LogP contribution in [0.3, 0.4) is 0 Å². The van der Waals surface area contributed by atoms with Crippen LogP contribution < -0.4 is 20.4 Å². The monoisotopic (exact) mass is 486 g/mol. The van der Waals surface area contributed by atoms with Crippen LogP contribution in [0, 0.1) is 0 Å². The summed E-state index contributed by atoms with van der Waals surface area (Å²) in [4.78, 5) is 30.1. The molecule has 36 heavy (non-hydrogen) atoms. The van der Waals surface area contributed by atoms with Crippen molar-refractivity contribution < 1.29 is 19.1 Å². The van der Waals surface area contributed by atoms with Gasteiger partial charge in [-0.05, 0) is 54.6 Å². The second-order valence-corrected chi connectivity index (χ2v) is 8.75.